The van der Waals surface area contributed by atoms with E-state index in [-0.39, 0.29) is 13.0 Å². The molecule has 2 aromatic rings. The molecule has 1 aliphatic rings. The van der Waals surface area contributed by atoms with Crippen molar-refractivity contribution in [3.63, 3.8) is 0 Å². The molecule has 10 heteroatoms. The van der Waals surface area contributed by atoms with Crippen molar-refractivity contribution in [1.82, 2.24) is 10.2 Å². The van der Waals surface area contributed by atoms with Crippen LogP contribution in [-0.2, 0) is 32.0 Å². The molecule has 0 radical (unpaired) electrons. The Balaban J connectivity index is 1.74. The first-order valence-corrected chi connectivity index (χ1v) is 11.4. The number of halogens is 2. The van der Waals surface area contributed by atoms with Gasteiger partial charge in [0, 0.05) is 19.5 Å². The zero-order valence-corrected chi connectivity index (χ0v) is 20.1. The molecule has 2 atom stereocenters. The van der Waals surface area contributed by atoms with Crippen LogP contribution in [0.15, 0.2) is 48.5 Å². The Morgan fingerprint density at radius 1 is 1.15 bits per heavy atom. The summed E-state index contributed by atoms with van der Waals surface area (Å²) in [6.45, 7) is 3.04. The Labute approximate surface area is 208 Å². The normalized spacial score (nSPS) is 16.1. The minimum Gasteiger partial charge on any atom is -0.436 e. The highest BCUT2D eigenvalue weighted by molar-refractivity contribution is 6.42. The zero-order valence-electron chi connectivity index (χ0n) is 18.6. The molecule has 1 aliphatic heterocycles. The first kappa shape index (κ1) is 25.8. The highest BCUT2D eigenvalue weighted by Crippen LogP contribution is 2.24. The van der Waals surface area contributed by atoms with Crippen LogP contribution < -0.4 is 5.32 Å². The number of carbonyl (C=O) groups is 2. The molecular formula is C24H25Cl2N3O5. The van der Waals surface area contributed by atoms with Crippen molar-refractivity contribution in [1.29, 1.82) is 5.26 Å². The standard InChI is InChI=1S/C24H25Cl2N3O5/c1-24(16-27,33-15-17-5-3-2-4-6-17)28-22(30)21(14-18-7-8-19(25)20(26)13-18)34-23(31)29-9-11-32-12-10-29/h2-8,13,21H,9-12,14-15H2,1H3,(H,28,30). The molecule has 2 amide bonds. The number of amides is 2. The maximum atomic E-state index is 13.2. The van der Waals surface area contributed by atoms with E-state index in [9.17, 15) is 14.9 Å². The third-order valence-electron chi connectivity index (χ3n) is 5.16. The predicted octanol–water partition coefficient (Wildman–Crippen LogP) is 3.95. The van der Waals surface area contributed by atoms with E-state index in [4.69, 9.17) is 37.4 Å². The Bertz CT molecular complexity index is 1040. The predicted molar refractivity (Wildman–Crippen MR) is 126 cm³/mol. The summed E-state index contributed by atoms with van der Waals surface area (Å²) in [5.41, 5.74) is -0.175. The molecule has 0 saturated carbocycles. The number of ether oxygens (including phenoxy) is 3. The van der Waals surface area contributed by atoms with Crippen LogP contribution in [0.2, 0.25) is 10.0 Å². The van der Waals surface area contributed by atoms with Gasteiger partial charge in [0.15, 0.2) is 6.10 Å². The summed E-state index contributed by atoms with van der Waals surface area (Å²) in [6, 6.07) is 16.1. The number of nitrogens with zero attached hydrogens (tertiary/aromatic N) is 2. The van der Waals surface area contributed by atoms with Crippen LogP contribution in [0.25, 0.3) is 0 Å². The van der Waals surface area contributed by atoms with Crippen LogP contribution in [0.1, 0.15) is 18.1 Å². The van der Waals surface area contributed by atoms with Crippen LogP contribution in [0.3, 0.4) is 0 Å². The molecule has 0 bridgehead atoms. The van der Waals surface area contributed by atoms with Crippen molar-refractivity contribution in [3.05, 3.63) is 69.7 Å². The second kappa shape index (κ2) is 12.0. The van der Waals surface area contributed by atoms with Gasteiger partial charge in [-0.25, -0.2) is 4.79 Å². The molecule has 1 N–H and O–H groups in total. The van der Waals surface area contributed by atoms with Crippen molar-refractivity contribution in [2.45, 2.75) is 31.8 Å². The van der Waals surface area contributed by atoms with Gasteiger partial charge < -0.3 is 24.4 Å². The first-order valence-electron chi connectivity index (χ1n) is 10.7. The summed E-state index contributed by atoms with van der Waals surface area (Å²) < 4.78 is 16.5. The minimum atomic E-state index is -1.64. The van der Waals surface area contributed by atoms with E-state index in [2.05, 4.69) is 5.32 Å². The molecule has 1 saturated heterocycles. The third-order valence-corrected chi connectivity index (χ3v) is 5.89. The summed E-state index contributed by atoms with van der Waals surface area (Å²) in [5.74, 6) is -0.676. The van der Waals surface area contributed by atoms with Gasteiger partial charge in [-0.15, -0.1) is 0 Å². The summed E-state index contributed by atoms with van der Waals surface area (Å²) in [6.07, 6.45) is -1.85. The number of benzene rings is 2. The van der Waals surface area contributed by atoms with Crippen molar-refractivity contribution in [2.24, 2.45) is 0 Å². The molecule has 1 heterocycles. The minimum absolute atomic E-state index is 0.0268. The van der Waals surface area contributed by atoms with Gasteiger partial charge in [-0.3, -0.25) is 4.79 Å². The smallest absolute Gasteiger partial charge is 0.410 e. The largest absolute Gasteiger partial charge is 0.436 e. The van der Waals surface area contributed by atoms with E-state index < -0.39 is 23.8 Å². The SMILES string of the molecule is CC(C#N)(NC(=O)C(Cc1ccc(Cl)c(Cl)c1)OC(=O)N1CCOCC1)OCc1ccccc1. The van der Waals surface area contributed by atoms with Gasteiger partial charge in [0.05, 0.1) is 29.9 Å². The number of nitrogens with one attached hydrogen (secondary N) is 1. The van der Waals surface area contributed by atoms with Crippen molar-refractivity contribution in [3.8, 4) is 6.07 Å². The van der Waals surface area contributed by atoms with Gasteiger partial charge in [-0.05, 0) is 30.2 Å². The van der Waals surface area contributed by atoms with E-state index in [0.717, 1.165) is 5.56 Å². The van der Waals surface area contributed by atoms with Crippen molar-refractivity contribution in [2.75, 3.05) is 26.3 Å². The molecule has 0 spiro atoms. The lowest BCUT2D eigenvalue weighted by atomic mass is 10.1. The fourth-order valence-corrected chi connectivity index (χ4v) is 3.55. The third kappa shape index (κ3) is 7.34. The first-order chi connectivity index (χ1) is 16.3. The van der Waals surface area contributed by atoms with Gasteiger partial charge in [0.1, 0.15) is 6.07 Å². The Kier molecular flexibility index (Phi) is 9.13. The molecule has 3 rings (SSSR count). The summed E-state index contributed by atoms with van der Waals surface area (Å²) in [4.78, 5) is 27.3. The number of carbonyl (C=O) groups excluding carboxylic acids is 2. The van der Waals surface area contributed by atoms with E-state index in [1.54, 1.807) is 18.2 Å². The average Bonchev–Trinajstić information content (AvgIpc) is 2.85. The van der Waals surface area contributed by atoms with Gasteiger partial charge in [-0.1, -0.05) is 59.6 Å². The van der Waals surface area contributed by atoms with E-state index in [0.29, 0.717) is 41.9 Å². The monoisotopic (exact) mass is 505 g/mol. The van der Waals surface area contributed by atoms with Gasteiger partial charge in [-0.2, -0.15) is 5.26 Å². The van der Waals surface area contributed by atoms with Gasteiger partial charge in [0.2, 0.25) is 5.72 Å². The topological polar surface area (TPSA) is 101 Å². The maximum absolute atomic E-state index is 13.2. The number of hydrogen-bond acceptors (Lipinski definition) is 6. The van der Waals surface area contributed by atoms with E-state index >= 15 is 0 Å². The lowest BCUT2D eigenvalue weighted by Gasteiger charge is -2.30. The highest BCUT2D eigenvalue weighted by Gasteiger charge is 2.34. The zero-order chi connectivity index (χ0) is 24.6. The molecule has 2 unspecified atom stereocenters. The summed E-state index contributed by atoms with van der Waals surface area (Å²) in [5, 5.41) is 12.9. The van der Waals surface area contributed by atoms with Crippen LogP contribution in [0.5, 0.6) is 0 Å². The van der Waals surface area contributed by atoms with Crippen LogP contribution in [0.4, 0.5) is 4.79 Å². The molecule has 0 aliphatic carbocycles. The molecule has 2 aromatic carbocycles. The van der Waals surface area contributed by atoms with E-state index in [1.165, 1.54) is 11.8 Å². The maximum Gasteiger partial charge on any atom is 0.410 e. The van der Waals surface area contributed by atoms with E-state index in [1.807, 2.05) is 36.4 Å². The number of nitriles is 1. The Morgan fingerprint density at radius 3 is 2.50 bits per heavy atom. The van der Waals surface area contributed by atoms with Crippen molar-refractivity contribution >= 4 is 35.2 Å². The number of morpholine rings is 1. The fraction of sp³-hybridized carbons (Fsp3) is 0.375. The Morgan fingerprint density at radius 2 is 1.85 bits per heavy atom. The Hall–Kier alpha value is -2.83. The highest BCUT2D eigenvalue weighted by atomic mass is 35.5. The van der Waals surface area contributed by atoms with Crippen LogP contribution in [0, 0.1) is 11.3 Å². The lowest BCUT2D eigenvalue weighted by Crippen LogP contribution is -2.53. The number of hydrogen-bond donors (Lipinski definition) is 1. The van der Waals surface area contributed by atoms with Crippen LogP contribution >= 0.6 is 23.2 Å². The van der Waals surface area contributed by atoms with Crippen molar-refractivity contribution < 1.29 is 23.8 Å². The molecule has 180 valence electrons. The number of rotatable bonds is 8. The van der Waals surface area contributed by atoms with Crippen LogP contribution in [-0.4, -0.2) is 55.0 Å². The lowest BCUT2D eigenvalue weighted by molar-refractivity contribution is -0.138. The summed E-state index contributed by atoms with van der Waals surface area (Å²) >= 11 is 12.1. The van der Waals surface area contributed by atoms with Gasteiger partial charge >= 0.3 is 6.09 Å². The second-order valence-electron chi connectivity index (χ2n) is 7.83. The molecular weight excluding hydrogens is 481 g/mol. The molecule has 34 heavy (non-hydrogen) atoms. The fourth-order valence-electron chi connectivity index (χ4n) is 3.22. The second-order valence-corrected chi connectivity index (χ2v) is 8.65. The summed E-state index contributed by atoms with van der Waals surface area (Å²) in [7, 11) is 0. The molecule has 1 fully saturated rings. The molecule has 8 nitrogen and oxygen atoms in total. The average molecular weight is 506 g/mol. The van der Waals surface area contributed by atoms with Gasteiger partial charge in [0.25, 0.3) is 5.91 Å². The molecule has 0 aromatic heterocycles. The quantitative estimate of drug-likeness (QED) is 0.545.